The predicted molar refractivity (Wildman–Crippen MR) is 75.0 cm³/mol. The Kier molecular flexibility index (Phi) is 4.00. The van der Waals surface area contributed by atoms with Crippen LogP contribution in [0.15, 0.2) is 24.3 Å². The van der Waals surface area contributed by atoms with Crippen molar-refractivity contribution in [3.05, 3.63) is 52.2 Å². The molecule has 0 aliphatic rings. The number of nitrogens with zero attached hydrogens (tertiary/aromatic N) is 2. The molecule has 1 heterocycles. The molecular weight excluding hydrogens is 265 g/mol. The number of aryl methyl sites for hydroxylation is 1. The first kappa shape index (κ1) is 13.7. The minimum absolute atomic E-state index is 0.203. The molecule has 3 nitrogen and oxygen atoms in total. The highest BCUT2D eigenvalue weighted by atomic mass is 35.5. The van der Waals surface area contributed by atoms with Gasteiger partial charge < -0.3 is 5.32 Å². The van der Waals surface area contributed by atoms with Crippen LogP contribution in [0.1, 0.15) is 29.9 Å². The van der Waals surface area contributed by atoms with Crippen LogP contribution in [-0.2, 0) is 0 Å². The van der Waals surface area contributed by atoms with Gasteiger partial charge in [-0.3, -0.25) is 0 Å². The van der Waals surface area contributed by atoms with Crippen LogP contribution in [-0.4, -0.2) is 9.97 Å². The van der Waals surface area contributed by atoms with E-state index in [4.69, 9.17) is 11.6 Å². The second kappa shape index (κ2) is 5.53. The minimum atomic E-state index is -0.239. The number of halogens is 2. The van der Waals surface area contributed by atoms with Crippen LogP contribution in [0.25, 0.3) is 0 Å². The van der Waals surface area contributed by atoms with Gasteiger partial charge in [-0.05, 0) is 26.8 Å². The van der Waals surface area contributed by atoms with Gasteiger partial charge >= 0.3 is 0 Å². The van der Waals surface area contributed by atoms with E-state index in [-0.39, 0.29) is 11.9 Å². The molecule has 1 aromatic carbocycles. The lowest BCUT2D eigenvalue weighted by Gasteiger charge is -2.17. The summed E-state index contributed by atoms with van der Waals surface area (Å²) in [5, 5.41) is 3.59. The van der Waals surface area contributed by atoms with Crippen molar-refractivity contribution < 1.29 is 4.39 Å². The van der Waals surface area contributed by atoms with Crippen LogP contribution < -0.4 is 5.32 Å². The number of aromatic nitrogens is 2. The third-order valence-corrected chi connectivity index (χ3v) is 3.29. The maximum absolute atomic E-state index is 13.7. The van der Waals surface area contributed by atoms with Gasteiger partial charge in [0.1, 0.15) is 22.6 Å². The normalized spacial score (nSPS) is 12.3. The fourth-order valence-corrected chi connectivity index (χ4v) is 2.06. The molecule has 0 aliphatic carbocycles. The van der Waals surface area contributed by atoms with Crippen molar-refractivity contribution in [2.45, 2.75) is 26.8 Å². The molecule has 2 aromatic rings. The summed E-state index contributed by atoms with van der Waals surface area (Å²) in [5.41, 5.74) is 1.35. The third-order valence-electron chi connectivity index (χ3n) is 2.92. The molecule has 100 valence electrons. The summed E-state index contributed by atoms with van der Waals surface area (Å²) < 4.78 is 13.7. The SMILES string of the molecule is Cc1nc(Cl)c(C)c(NC(C)c2ccccc2F)n1. The number of anilines is 1. The highest BCUT2D eigenvalue weighted by Crippen LogP contribution is 2.25. The Morgan fingerprint density at radius 3 is 2.58 bits per heavy atom. The standard InChI is InChI=1S/C14H15ClFN3/c1-8-13(15)18-10(3)19-14(8)17-9(2)11-6-4-5-7-12(11)16/h4-7,9H,1-3H3,(H,17,18,19). The van der Waals surface area contributed by atoms with E-state index in [0.717, 1.165) is 5.56 Å². The van der Waals surface area contributed by atoms with Crippen LogP contribution in [0, 0.1) is 19.7 Å². The van der Waals surface area contributed by atoms with Crippen LogP contribution in [0.5, 0.6) is 0 Å². The molecule has 2 rings (SSSR count). The molecule has 0 fully saturated rings. The van der Waals surface area contributed by atoms with Crippen LogP contribution in [0.2, 0.25) is 5.15 Å². The molecule has 1 atom stereocenters. The summed E-state index contributed by atoms with van der Waals surface area (Å²) in [6, 6.07) is 6.46. The van der Waals surface area contributed by atoms with Gasteiger partial charge in [0, 0.05) is 11.1 Å². The van der Waals surface area contributed by atoms with Crippen LogP contribution in [0.4, 0.5) is 10.2 Å². The lowest BCUT2D eigenvalue weighted by molar-refractivity contribution is 0.600. The van der Waals surface area contributed by atoms with Gasteiger partial charge in [-0.1, -0.05) is 29.8 Å². The molecule has 0 aliphatic heterocycles. The van der Waals surface area contributed by atoms with Crippen molar-refractivity contribution in [1.82, 2.24) is 9.97 Å². The number of hydrogen-bond acceptors (Lipinski definition) is 3. The largest absolute Gasteiger partial charge is 0.363 e. The van der Waals surface area contributed by atoms with Crippen LogP contribution in [0.3, 0.4) is 0 Å². The number of benzene rings is 1. The molecule has 0 saturated heterocycles. The zero-order chi connectivity index (χ0) is 14.0. The molecule has 0 radical (unpaired) electrons. The number of nitrogens with one attached hydrogen (secondary N) is 1. The first-order chi connectivity index (χ1) is 8.99. The van der Waals surface area contributed by atoms with Crippen molar-refractivity contribution in [3.8, 4) is 0 Å². The van der Waals surface area contributed by atoms with E-state index in [1.54, 1.807) is 19.1 Å². The van der Waals surface area contributed by atoms with Gasteiger partial charge in [0.25, 0.3) is 0 Å². The second-order valence-electron chi connectivity index (χ2n) is 4.42. The number of hydrogen-bond donors (Lipinski definition) is 1. The average molecular weight is 280 g/mol. The molecular formula is C14H15ClFN3. The Morgan fingerprint density at radius 2 is 1.89 bits per heavy atom. The van der Waals surface area contributed by atoms with E-state index in [2.05, 4.69) is 15.3 Å². The Labute approximate surface area is 116 Å². The van der Waals surface area contributed by atoms with Crippen molar-refractivity contribution in [2.75, 3.05) is 5.32 Å². The van der Waals surface area contributed by atoms with Crippen molar-refractivity contribution in [3.63, 3.8) is 0 Å². The predicted octanol–water partition coefficient (Wildman–Crippen LogP) is 4.06. The Balaban J connectivity index is 2.29. The summed E-state index contributed by atoms with van der Waals surface area (Å²) >= 11 is 6.01. The van der Waals surface area contributed by atoms with Crippen molar-refractivity contribution in [2.24, 2.45) is 0 Å². The van der Waals surface area contributed by atoms with Gasteiger partial charge in [0.15, 0.2) is 0 Å². The maximum Gasteiger partial charge on any atom is 0.137 e. The van der Waals surface area contributed by atoms with E-state index in [9.17, 15) is 4.39 Å². The van der Waals surface area contributed by atoms with Gasteiger partial charge in [-0.2, -0.15) is 0 Å². The zero-order valence-corrected chi connectivity index (χ0v) is 11.8. The molecule has 1 unspecified atom stereocenters. The highest BCUT2D eigenvalue weighted by molar-refractivity contribution is 6.30. The fourth-order valence-electron chi connectivity index (χ4n) is 1.84. The zero-order valence-electron chi connectivity index (χ0n) is 11.0. The van der Waals surface area contributed by atoms with Gasteiger partial charge in [-0.15, -0.1) is 0 Å². The van der Waals surface area contributed by atoms with E-state index in [0.29, 0.717) is 22.4 Å². The Morgan fingerprint density at radius 1 is 1.21 bits per heavy atom. The van der Waals surface area contributed by atoms with Gasteiger partial charge in [-0.25, -0.2) is 14.4 Å². The maximum atomic E-state index is 13.7. The smallest absolute Gasteiger partial charge is 0.137 e. The summed E-state index contributed by atoms with van der Waals surface area (Å²) in [7, 11) is 0. The van der Waals surface area contributed by atoms with E-state index in [1.807, 2.05) is 19.9 Å². The molecule has 0 saturated carbocycles. The van der Waals surface area contributed by atoms with Gasteiger partial charge in [0.2, 0.25) is 0 Å². The topological polar surface area (TPSA) is 37.8 Å². The highest BCUT2D eigenvalue weighted by Gasteiger charge is 2.14. The summed E-state index contributed by atoms with van der Waals surface area (Å²) in [6.45, 7) is 5.48. The van der Waals surface area contributed by atoms with E-state index >= 15 is 0 Å². The first-order valence-electron chi connectivity index (χ1n) is 6.00. The minimum Gasteiger partial charge on any atom is -0.363 e. The molecule has 0 amide bonds. The van der Waals surface area contributed by atoms with Crippen LogP contribution >= 0.6 is 11.6 Å². The molecule has 0 spiro atoms. The molecule has 5 heteroatoms. The van der Waals surface area contributed by atoms with Crippen molar-refractivity contribution >= 4 is 17.4 Å². The van der Waals surface area contributed by atoms with Crippen molar-refractivity contribution in [1.29, 1.82) is 0 Å². The first-order valence-corrected chi connectivity index (χ1v) is 6.38. The molecule has 0 bridgehead atoms. The summed E-state index contributed by atoms with van der Waals surface area (Å²) in [5.74, 6) is 0.976. The second-order valence-corrected chi connectivity index (χ2v) is 4.78. The summed E-state index contributed by atoms with van der Waals surface area (Å²) in [4.78, 5) is 8.37. The van der Waals surface area contributed by atoms with E-state index in [1.165, 1.54) is 6.07 Å². The molecule has 1 aromatic heterocycles. The number of rotatable bonds is 3. The average Bonchev–Trinajstić information content (AvgIpc) is 2.35. The summed E-state index contributed by atoms with van der Waals surface area (Å²) in [6.07, 6.45) is 0. The van der Waals surface area contributed by atoms with E-state index < -0.39 is 0 Å². The molecule has 19 heavy (non-hydrogen) atoms. The van der Waals surface area contributed by atoms with Gasteiger partial charge in [0.05, 0.1) is 6.04 Å². The fraction of sp³-hybridized carbons (Fsp3) is 0.286. The lowest BCUT2D eigenvalue weighted by Crippen LogP contribution is -2.12. The lowest BCUT2D eigenvalue weighted by atomic mass is 10.1. The Bertz CT molecular complexity index is 601. The quantitative estimate of drug-likeness (QED) is 0.861. The third kappa shape index (κ3) is 3.01. The monoisotopic (exact) mass is 279 g/mol. The molecule has 1 N–H and O–H groups in total. The Hall–Kier alpha value is -1.68.